The van der Waals surface area contributed by atoms with Crippen molar-refractivity contribution in [2.24, 2.45) is 0 Å². The molecule has 1 atom stereocenters. The first kappa shape index (κ1) is 18.5. The van der Waals surface area contributed by atoms with Crippen LogP contribution in [0.15, 0.2) is 29.6 Å². The standard InChI is InChI=1S/C19H26N2O2S/c1-4-5-6-9-14(2)20-19(22)17-10-7-8-11-18(17)23-12-16-13-24-15(3)21-16/h7-8,10-11,13-14H,4-6,9,12H2,1-3H3,(H,20,22). The van der Waals surface area contributed by atoms with Crippen LogP contribution in [0.1, 0.15) is 60.6 Å². The summed E-state index contributed by atoms with van der Waals surface area (Å²) in [5.74, 6) is 0.519. The van der Waals surface area contributed by atoms with Crippen molar-refractivity contribution >= 4 is 17.2 Å². The summed E-state index contributed by atoms with van der Waals surface area (Å²) < 4.78 is 5.82. The van der Waals surface area contributed by atoms with Crippen LogP contribution < -0.4 is 10.1 Å². The van der Waals surface area contributed by atoms with Crippen LogP contribution in [-0.4, -0.2) is 16.9 Å². The molecular weight excluding hydrogens is 320 g/mol. The van der Waals surface area contributed by atoms with E-state index in [2.05, 4.69) is 24.1 Å². The molecular formula is C19H26N2O2S. The molecule has 4 nitrogen and oxygen atoms in total. The highest BCUT2D eigenvalue weighted by Gasteiger charge is 2.14. The minimum Gasteiger partial charge on any atom is -0.486 e. The van der Waals surface area contributed by atoms with Gasteiger partial charge in [-0.1, -0.05) is 38.3 Å². The van der Waals surface area contributed by atoms with E-state index in [0.29, 0.717) is 17.9 Å². The third-order valence-corrected chi connectivity index (χ3v) is 4.61. The molecule has 1 aromatic carbocycles. The molecule has 0 bridgehead atoms. The molecule has 1 N–H and O–H groups in total. The van der Waals surface area contributed by atoms with Gasteiger partial charge in [0.2, 0.25) is 0 Å². The molecule has 2 aromatic rings. The van der Waals surface area contributed by atoms with Crippen LogP contribution in [0.5, 0.6) is 5.75 Å². The predicted octanol–water partition coefficient (Wildman–Crippen LogP) is 4.73. The smallest absolute Gasteiger partial charge is 0.255 e. The first-order valence-electron chi connectivity index (χ1n) is 8.53. The van der Waals surface area contributed by atoms with Gasteiger partial charge in [-0.15, -0.1) is 11.3 Å². The van der Waals surface area contributed by atoms with Gasteiger partial charge >= 0.3 is 0 Å². The number of para-hydroxylation sites is 1. The number of benzene rings is 1. The Labute approximate surface area is 148 Å². The van der Waals surface area contributed by atoms with Crippen LogP contribution in [0.2, 0.25) is 0 Å². The molecule has 2 rings (SSSR count). The number of carbonyl (C=O) groups excluding carboxylic acids is 1. The molecule has 1 amide bonds. The second kappa shape index (κ2) is 9.42. The molecule has 130 valence electrons. The Balaban J connectivity index is 1.95. The number of unbranched alkanes of at least 4 members (excludes halogenated alkanes) is 2. The van der Waals surface area contributed by atoms with Crippen LogP contribution >= 0.6 is 11.3 Å². The summed E-state index contributed by atoms with van der Waals surface area (Å²) in [5, 5.41) is 6.06. The number of aromatic nitrogens is 1. The highest BCUT2D eigenvalue weighted by molar-refractivity contribution is 7.09. The topological polar surface area (TPSA) is 51.2 Å². The zero-order valence-corrected chi connectivity index (χ0v) is 15.5. The van der Waals surface area contributed by atoms with Gasteiger partial charge in [0.1, 0.15) is 12.4 Å². The van der Waals surface area contributed by atoms with Crippen molar-refractivity contribution < 1.29 is 9.53 Å². The summed E-state index contributed by atoms with van der Waals surface area (Å²) in [4.78, 5) is 16.9. The van der Waals surface area contributed by atoms with E-state index in [4.69, 9.17) is 4.74 Å². The van der Waals surface area contributed by atoms with Crippen molar-refractivity contribution in [2.75, 3.05) is 0 Å². The van der Waals surface area contributed by atoms with E-state index in [1.807, 2.05) is 30.5 Å². The Hall–Kier alpha value is -1.88. The molecule has 0 fully saturated rings. The number of rotatable bonds is 9. The van der Waals surface area contributed by atoms with Crippen molar-refractivity contribution in [3.05, 3.63) is 45.9 Å². The zero-order chi connectivity index (χ0) is 17.4. The third kappa shape index (κ3) is 5.64. The first-order valence-corrected chi connectivity index (χ1v) is 9.41. The summed E-state index contributed by atoms with van der Waals surface area (Å²) in [6.07, 6.45) is 4.53. The molecule has 1 unspecified atom stereocenters. The second-order valence-corrected chi connectivity index (χ2v) is 7.08. The van der Waals surface area contributed by atoms with Gasteiger partial charge in [0.25, 0.3) is 5.91 Å². The number of amides is 1. The lowest BCUT2D eigenvalue weighted by Gasteiger charge is -2.15. The molecule has 5 heteroatoms. The Morgan fingerprint density at radius 1 is 1.33 bits per heavy atom. The van der Waals surface area contributed by atoms with Gasteiger partial charge in [-0.05, 0) is 32.4 Å². The van der Waals surface area contributed by atoms with Crippen molar-refractivity contribution in [1.29, 1.82) is 0 Å². The molecule has 0 spiro atoms. The van der Waals surface area contributed by atoms with Crippen molar-refractivity contribution in [3.8, 4) is 5.75 Å². The van der Waals surface area contributed by atoms with Gasteiger partial charge in [0.15, 0.2) is 0 Å². The van der Waals surface area contributed by atoms with E-state index in [0.717, 1.165) is 23.5 Å². The number of hydrogen-bond donors (Lipinski definition) is 1. The molecule has 1 heterocycles. The molecule has 0 aliphatic rings. The van der Waals surface area contributed by atoms with Crippen LogP contribution in [0, 0.1) is 6.92 Å². The minimum absolute atomic E-state index is 0.0796. The van der Waals surface area contributed by atoms with E-state index >= 15 is 0 Å². The van der Waals surface area contributed by atoms with E-state index in [1.165, 1.54) is 12.8 Å². The molecule has 0 saturated heterocycles. The average molecular weight is 346 g/mol. The lowest BCUT2D eigenvalue weighted by molar-refractivity contribution is 0.0933. The normalized spacial score (nSPS) is 12.0. The SMILES string of the molecule is CCCCCC(C)NC(=O)c1ccccc1OCc1csc(C)n1. The molecule has 0 saturated carbocycles. The monoisotopic (exact) mass is 346 g/mol. The maximum Gasteiger partial charge on any atom is 0.255 e. The average Bonchev–Trinajstić information content (AvgIpc) is 2.99. The second-order valence-electron chi connectivity index (χ2n) is 6.01. The number of thiazole rings is 1. The summed E-state index contributed by atoms with van der Waals surface area (Å²) >= 11 is 1.60. The van der Waals surface area contributed by atoms with Crippen LogP contribution in [-0.2, 0) is 6.61 Å². The highest BCUT2D eigenvalue weighted by atomic mass is 32.1. The number of aryl methyl sites for hydroxylation is 1. The summed E-state index contributed by atoms with van der Waals surface area (Å²) in [5.41, 5.74) is 1.47. The Bertz CT molecular complexity index is 654. The van der Waals surface area contributed by atoms with E-state index in [1.54, 1.807) is 17.4 Å². The zero-order valence-electron chi connectivity index (χ0n) is 14.7. The number of carbonyl (C=O) groups is 1. The van der Waals surface area contributed by atoms with Gasteiger partial charge in [-0.25, -0.2) is 4.98 Å². The van der Waals surface area contributed by atoms with E-state index in [-0.39, 0.29) is 11.9 Å². The largest absolute Gasteiger partial charge is 0.486 e. The van der Waals surface area contributed by atoms with Gasteiger partial charge in [0, 0.05) is 11.4 Å². The van der Waals surface area contributed by atoms with Crippen molar-refractivity contribution in [2.45, 2.75) is 59.1 Å². The van der Waals surface area contributed by atoms with Gasteiger partial charge in [0.05, 0.1) is 16.3 Å². The fourth-order valence-corrected chi connectivity index (χ4v) is 3.08. The van der Waals surface area contributed by atoms with Crippen LogP contribution in [0.4, 0.5) is 0 Å². The van der Waals surface area contributed by atoms with Gasteiger partial charge < -0.3 is 10.1 Å². The van der Waals surface area contributed by atoms with Crippen molar-refractivity contribution in [1.82, 2.24) is 10.3 Å². The summed E-state index contributed by atoms with van der Waals surface area (Å²) in [7, 11) is 0. The Morgan fingerprint density at radius 3 is 2.83 bits per heavy atom. The Morgan fingerprint density at radius 2 is 2.12 bits per heavy atom. The maximum atomic E-state index is 12.5. The number of nitrogens with zero attached hydrogens (tertiary/aromatic N) is 1. The fraction of sp³-hybridized carbons (Fsp3) is 0.474. The quantitative estimate of drug-likeness (QED) is 0.668. The van der Waals surface area contributed by atoms with E-state index in [9.17, 15) is 4.79 Å². The fourth-order valence-electron chi connectivity index (χ4n) is 2.48. The van der Waals surface area contributed by atoms with Crippen molar-refractivity contribution in [3.63, 3.8) is 0 Å². The highest BCUT2D eigenvalue weighted by Crippen LogP contribution is 2.20. The molecule has 0 radical (unpaired) electrons. The molecule has 24 heavy (non-hydrogen) atoms. The molecule has 1 aromatic heterocycles. The maximum absolute atomic E-state index is 12.5. The van der Waals surface area contributed by atoms with Crippen LogP contribution in [0.25, 0.3) is 0 Å². The van der Waals surface area contributed by atoms with Gasteiger partial charge in [-0.3, -0.25) is 4.79 Å². The minimum atomic E-state index is -0.0796. The summed E-state index contributed by atoms with van der Waals surface area (Å²) in [6.45, 7) is 6.58. The Kier molecular flexibility index (Phi) is 7.25. The number of ether oxygens (including phenoxy) is 1. The summed E-state index contributed by atoms with van der Waals surface area (Å²) in [6, 6.07) is 7.53. The number of nitrogens with one attached hydrogen (secondary N) is 1. The predicted molar refractivity (Wildman–Crippen MR) is 98.7 cm³/mol. The van der Waals surface area contributed by atoms with Crippen LogP contribution in [0.3, 0.4) is 0 Å². The number of hydrogen-bond acceptors (Lipinski definition) is 4. The first-order chi connectivity index (χ1) is 11.6. The van der Waals surface area contributed by atoms with Gasteiger partial charge in [-0.2, -0.15) is 0 Å². The molecule has 0 aliphatic heterocycles. The third-order valence-electron chi connectivity index (χ3n) is 3.79. The lowest BCUT2D eigenvalue weighted by atomic mass is 10.1. The lowest BCUT2D eigenvalue weighted by Crippen LogP contribution is -2.32. The molecule has 0 aliphatic carbocycles. The van der Waals surface area contributed by atoms with E-state index < -0.39 is 0 Å².